The molecule has 2 heterocycles. The lowest BCUT2D eigenvalue weighted by molar-refractivity contribution is -0.120. The average Bonchev–Trinajstić information content (AvgIpc) is 3.04. The first-order chi connectivity index (χ1) is 15.6. The maximum absolute atomic E-state index is 13.7. The van der Waals surface area contributed by atoms with Gasteiger partial charge in [0.25, 0.3) is 0 Å². The van der Waals surface area contributed by atoms with Crippen molar-refractivity contribution in [3.05, 3.63) is 46.8 Å². The van der Waals surface area contributed by atoms with Crippen LogP contribution in [0, 0.1) is 19.8 Å². The summed E-state index contributed by atoms with van der Waals surface area (Å²) in [4.78, 5) is 25.5. The highest BCUT2D eigenvalue weighted by atomic mass is 32.2. The van der Waals surface area contributed by atoms with E-state index in [-0.39, 0.29) is 29.5 Å². The van der Waals surface area contributed by atoms with E-state index < -0.39 is 21.9 Å². The van der Waals surface area contributed by atoms with Gasteiger partial charge in [-0.15, -0.1) is 0 Å². The van der Waals surface area contributed by atoms with E-state index in [1.54, 1.807) is 32.4 Å². The van der Waals surface area contributed by atoms with Crippen molar-refractivity contribution in [3.63, 3.8) is 0 Å². The van der Waals surface area contributed by atoms with Crippen LogP contribution in [-0.2, 0) is 33.0 Å². The van der Waals surface area contributed by atoms with Crippen molar-refractivity contribution in [1.29, 1.82) is 0 Å². The lowest BCUT2D eigenvalue weighted by atomic mass is 9.98. The quantitative estimate of drug-likeness (QED) is 0.619. The zero-order valence-electron chi connectivity index (χ0n) is 20.0. The first-order valence-electron chi connectivity index (χ1n) is 11.3. The van der Waals surface area contributed by atoms with Crippen molar-refractivity contribution in [2.75, 3.05) is 25.0 Å². The van der Waals surface area contributed by atoms with E-state index in [0.717, 1.165) is 12.0 Å². The summed E-state index contributed by atoms with van der Waals surface area (Å²) in [7, 11) is -2.28. The molecule has 1 aromatic heterocycles. The van der Waals surface area contributed by atoms with E-state index in [2.05, 4.69) is 5.32 Å². The number of hydrogen-bond donors (Lipinski definition) is 1. The molecule has 0 radical (unpaired) electrons. The highest BCUT2D eigenvalue weighted by Gasteiger charge is 2.39. The maximum atomic E-state index is 13.7. The molecule has 2 aromatic rings. The number of esters is 1. The average molecular weight is 476 g/mol. The second-order valence-corrected chi connectivity index (χ2v) is 10.3. The second-order valence-electron chi connectivity index (χ2n) is 8.40. The topological polar surface area (TPSA) is 97.7 Å². The number of sulfonamides is 1. The van der Waals surface area contributed by atoms with Crippen LogP contribution in [0.2, 0.25) is 0 Å². The van der Waals surface area contributed by atoms with Gasteiger partial charge >= 0.3 is 5.97 Å². The highest BCUT2D eigenvalue weighted by Crippen LogP contribution is 2.32. The second kappa shape index (κ2) is 10.1. The molecule has 180 valence electrons. The Morgan fingerprint density at radius 3 is 2.58 bits per heavy atom. The fourth-order valence-corrected chi connectivity index (χ4v) is 6.30. The lowest BCUT2D eigenvalue weighted by Crippen LogP contribution is -2.44. The van der Waals surface area contributed by atoms with Crippen LogP contribution in [0.15, 0.2) is 29.2 Å². The van der Waals surface area contributed by atoms with Crippen LogP contribution in [0.4, 0.5) is 5.69 Å². The van der Waals surface area contributed by atoms with Crippen molar-refractivity contribution >= 4 is 27.6 Å². The fraction of sp³-hybridized carbons (Fsp3) is 0.500. The van der Waals surface area contributed by atoms with Gasteiger partial charge in [0, 0.05) is 37.2 Å². The molecule has 1 aromatic carbocycles. The van der Waals surface area contributed by atoms with Gasteiger partial charge in [-0.25, -0.2) is 13.2 Å². The van der Waals surface area contributed by atoms with Crippen LogP contribution in [0.5, 0.6) is 0 Å². The molecule has 0 aliphatic carbocycles. The van der Waals surface area contributed by atoms with Crippen molar-refractivity contribution in [2.24, 2.45) is 13.0 Å². The van der Waals surface area contributed by atoms with E-state index in [1.807, 2.05) is 31.2 Å². The van der Waals surface area contributed by atoms with Gasteiger partial charge in [0.1, 0.15) is 10.5 Å². The Labute approximate surface area is 196 Å². The maximum Gasteiger partial charge on any atom is 0.341 e. The molecule has 1 aliphatic rings. The monoisotopic (exact) mass is 475 g/mol. The van der Waals surface area contributed by atoms with Gasteiger partial charge in [-0.1, -0.05) is 19.1 Å². The summed E-state index contributed by atoms with van der Waals surface area (Å²) in [6, 6.07) is 7.65. The zero-order chi connectivity index (χ0) is 24.3. The number of nitrogens with zero attached hydrogens (tertiary/aromatic N) is 2. The molecule has 1 saturated heterocycles. The Balaban J connectivity index is 1.87. The molecule has 9 heteroatoms. The van der Waals surface area contributed by atoms with Gasteiger partial charge in [-0.05, 0) is 57.7 Å². The summed E-state index contributed by atoms with van der Waals surface area (Å²) in [5, 5.41) is 2.93. The normalized spacial score (nSPS) is 17.1. The Hall–Kier alpha value is -2.65. The number of carbonyl (C=O) groups excluding carboxylic acids is 2. The number of carbonyl (C=O) groups is 2. The molecular weight excluding hydrogens is 442 g/mol. The summed E-state index contributed by atoms with van der Waals surface area (Å²) < 4.78 is 35.5. The van der Waals surface area contributed by atoms with Crippen molar-refractivity contribution in [2.45, 2.75) is 51.9 Å². The molecule has 0 bridgehead atoms. The number of ether oxygens (including phenoxy) is 1. The van der Waals surface area contributed by atoms with Crippen molar-refractivity contribution in [1.82, 2.24) is 8.87 Å². The number of rotatable bonds is 7. The van der Waals surface area contributed by atoms with Crippen molar-refractivity contribution in [3.8, 4) is 0 Å². The molecular formula is C24H33N3O5S. The largest absolute Gasteiger partial charge is 0.462 e. The summed E-state index contributed by atoms with van der Waals surface area (Å²) in [5.41, 5.74) is 2.89. The number of nitrogens with one attached hydrogen (secondary N) is 1. The molecule has 0 saturated carbocycles. The molecule has 3 rings (SSSR count). The van der Waals surface area contributed by atoms with Crippen LogP contribution in [0.25, 0.3) is 0 Å². The van der Waals surface area contributed by atoms with Crippen LogP contribution < -0.4 is 5.32 Å². The Bertz CT molecular complexity index is 1150. The Morgan fingerprint density at radius 2 is 1.91 bits per heavy atom. The lowest BCUT2D eigenvalue weighted by Gasteiger charge is -2.31. The van der Waals surface area contributed by atoms with E-state index in [1.165, 1.54) is 4.31 Å². The number of piperidine rings is 1. The summed E-state index contributed by atoms with van der Waals surface area (Å²) in [5.74, 6) is -1.33. The van der Waals surface area contributed by atoms with E-state index >= 15 is 0 Å². The third-order valence-corrected chi connectivity index (χ3v) is 8.39. The molecule has 8 nitrogen and oxygen atoms in total. The van der Waals surface area contributed by atoms with E-state index in [4.69, 9.17) is 4.74 Å². The molecule has 1 atom stereocenters. The predicted molar refractivity (Wildman–Crippen MR) is 127 cm³/mol. The number of aryl methyl sites for hydroxylation is 1. The number of benzene rings is 1. The SMILES string of the molecule is CCOC(=O)c1c(S(=O)(=O)N2CCC[C@H](C(=O)Nc3cccc(CC)c3)C2)c(C)n(C)c1C. The fourth-order valence-electron chi connectivity index (χ4n) is 4.29. The molecule has 1 amide bonds. The third-order valence-electron chi connectivity index (χ3n) is 6.36. The predicted octanol–water partition coefficient (Wildman–Crippen LogP) is 3.42. The number of aromatic nitrogens is 1. The van der Waals surface area contributed by atoms with E-state index in [0.29, 0.717) is 36.5 Å². The summed E-state index contributed by atoms with van der Waals surface area (Å²) in [6.07, 6.45) is 2.02. The first-order valence-corrected chi connectivity index (χ1v) is 12.8. The standard InChI is InChI=1S/C24H33N3O5S/c1-6-18-10-8-12-20(14-18)25-23(28)19-11-9-13-27(15-19)33(30,31)22-17(4)26(5)16(3)21(22)24(29)32-7-2/h8,10,12,14,19H,6-7,9,11,13,15H2,1-5H3,(H,25,28)/t19-/m0/s1. The molecule has 1 N–H and O–H groups in total. The van der Waals surface area contributed by atoms with Gasteiger partial charge in [0.15, 0.2) is 0 Å². The van der Waals surface area contributed by atoms with E-state index in [9.17, 15) is 18.0 Å². The minimum absolute atomic E-state index is 0.0299. The van der Waals surface area contributed by atoms with Crippen LogP contribution >= 0.6 is 0 Å². The van der Waals surface area contributed by atoms with Gasteiger partial charge < -0.3 is 14.6 Å². The van der Waals surface area contributed by atoms with Crippen LogP contribution in [0.3, 0.4) is 0 Å². The number of hydrogen-bond acceptors (Lipinski definition) is 5. The Morgan fingerprint density at radius 1 is 1.18 bits per heavy atom. The minimum atomic E-state index is -4.01. The first kappa shape index (κ1) is 25.0. The minimum Gasteiger partial charge on any atom is -0.462 e. The Kier molecular flexibility index (Phi) is 7.64. The van der Waals surface area contributed by atoms with Crippen LogP contribution in [-0.4, -0.2) is 48.9 Å². The van der Waals surface area contributed by atoms with Crippen molar-refractivity contribution < 1.29 is 22.7 Å². The molecule has 1 fully saturated rings. The third kappa shape index (κ3) is 4.99. The highest BCUT2D eigenvalue weighted by molar-refractivity contribution is 7.89. The smallest absolute Gasteiger partial charge is 0.341 e. The molecule has 0 spiro atoms. The van der Waals surface area contributed by atoms with Crippen LogP contribution in [0.1, 0.15) is 54.0 Å². The molecule has 1 aliphatic heterocycles. The van der Waals surface area contributed by atoms with Gasteiger partial charge in [0.2, 0.25) is 15.9 Å². The summed E-state index contributed by atoms with van der Waals surface area (Å²) in [6.45, 7) is 7.62. The van der Waals surface area contributed by atoms with Gasteiger partial charge in [-0.2, -0.15) is 4.31 Å². The molecule has 0 unspecified atom stereocenters. The number of anilines is 1. The van der Waals surface area contributed by atoms with Gasteiger partial charge in [0.05, 0.1) is 12.5 Å². The molecule has 33 heavy (non-hydrogen) atoms. The summed E-state index contributed by atoms with van der Waals surface area (Å²) >= 11 is 0. The zero-order valence-corrected chi connectivity index (χ0v) is 20.8. The van der Waals surface area contributed by atoms with Gasteiger partial charge in [-0.3, -0.25) is 4.79 Å². The number of amides is 1.